The minimum absolute atomic E-state index is 0.0341. The molecular formula is C22H32N2O9S. The third-order valence-corrected chi connectivity index (χ3v) is 7.52. The van der Waals surface area contributed by atoms with Gasteiger partial charge in [0.05, 0.1) is 36.2 Å². The predicted octanol–water partition coefficient (Wildman–Crippen LogP) is 1.13. The van der Waals surface area contributed by atoms with Gasteiger partial charge in [0.1, 0.15) is 12.3 Å². The van der Waals surface area contributed by atoms with Crippen LogP contribution in [0.15, 0.2) is 10.6 Å². The molecule has 12 heteroatoms. The molecule has 3 N–H and O–H groups in total. The van der Waals surface area contributed by atoms with Crippen LogP contribution in [0.25, 0.3) is 0 Å². The molecule has 0 aromatic heterocycles. The number of nitrogens with two attached hydrogens (primary N) is 1. The van der Waals surface area contributed by atoms with E-state index >= 15 is 0 Å². The topological polar surface area (TPSA) is 155 Å². The van der Waals surface area contributed by atoms with Gasteiger partial charge in [-0.2, -0.15) is 0 Å². The SMILES string of the molecule is CC(O)C1C(=O)N2C(C(=O)OCOC(=O)C(C)(C)C)=C(SC3COC(COC(N)=O)C3)C(C)C12. The second-order valence-corrected chi connectivity index (χ2v) is 11.1. The van der Waals surface area contributed by atoms with E-state index in [0.717, 1.165) is 0 Å². The maximum atomic E-state index is 13.0. The summed E-state index contributed by atoms with van der Waals surface area (Å²) in [5.41, 5.74) is 4.36. The maximum absolute atomic E-state index is 13.0. The number of carbonyl (C=O) groups excluding carboxylic acids is 4. The molecule has 6 atom stereocenters. The van der Waals surface area contributed by atoms with E-state index in [2.05, 4.69) is 0 Å². The highest BCUT2D eigenvalue weighted by molar-refractivity contribution is 8.03. The summed E-state index contributed by atoms with van der Waals surface area (Å²) in [4.78, 5) is 50.6. The molecule has 0 radical (unpaired) electrons. The number of aliphatic hydroxyl groups excluding tert-OH is 1. The predicted molar refractivity (Wildman–Crippen MR) is 120 cm³/mol. The van der Waals surface area contributed by atoms with E-state index in [1.54, 1.807) is 27.7 Å². The number of esters is 2. The molecule has 0 aliphatic carbocycles. The van der Waals surface area contributed by atoms with E-state index in [1.165, 1.54) is 16.7 Å². The molecule has 190 valence electrons. The van der Waals surface area contributed by atoms with Gasteiger partial charge >= 0.3 is 18.0 Å². The number of β-lactam (4-membered cyclic amide) rings is 1. The van der Waals surface area contributed by atoms with Gasteiger partial charge in [-0.1, -0.05) is 6.92 Å². The van der Waals surface area contributed by atoms with Crippen molar-refractivity contribution in [1.82, 2.24) is 4.90 Å². The summed E-state index contributed by atoms with van der Waals surface area (Å²) in [6.45, 7) is 8.30. The molecule has 0 spiro atoms. The first-order valence-electron chi connectivity index (χ1n) is 11.1. The summed E-state index contributed by atoms with van der Waals surface area (Å²) < 4.78 is 20.7. The minimum Gasteiger partial charge on any atom is -0.447 e. The Hall–Kier alpha value is -2.31. The molecule has 2 fully saturated rings. The van der Waals surface area contributed by atoms with Gasteiger partial charge in [-0.25, -0.2) is 9.59 Å². The number of hydrogen-bond acceptors (Lipinski definition) is 10. The van der Waals surface area contributed by atoms with Gasteiger partial charge < -0.3 is 34.7 Å². The van der Waals surface area contributed by atoms with Gasteiger partial charge in [-0.15, -0.1) is 11.8 Å². The van der Waals surface area contributed by atoms with Crippen LogP contribution in [0.5, 0.6) is 0 Å². The van der Waals surface area contributed by atoms with Crippen molar-refractivity contribution < 1.29 is 43.2 Å². The first kappa shape index (κ1) is 26.3. The molecule has 34 heavy (non-hydrogen) atoms. The Morgan fingerprint density at radius 3 is 2.53 bits per heavy atom. The van der Waals surface area contributed by atoms with Crippen LogP contribution >= 0.6 is 11.8 Å². The van der Waals surface area contributed by atoms with Crippen molar-refractivity contribution in [2.45, 2.75) is 64.5 Å². The fourth-order valence-corrected chi connectivity index (χ4v) is 5.78. The first-order valence-corrected chi connectivity index (χ1v) is 12.0. The Morgan fingerprint density at radius 2 is 1.94 bits per heavy atom. The van der Waals surface area contributed by atoms with Crippen molar-refractivity contribution in [2.24, 2.45) is 23.0 Å². The third kappa shape index (κ3) is 5.33. The van der Waals surface area contributed by atoms with E-state index in [1.807, 2.05) is 6.92 Å². The fourth-order valence-electron chi connectivity index (χ4n) is 4.32. The zero-order valence-electron chi connectivity index (χ0n) is 19.9. The van der Waals surface area contributed by atoms with E-state index in [0.29, 0.717) is 17.9 Å². The Morgan fingerprint density at radius 1 is 1.26 bits per heavy atom. The number of rotatable bonds is 8. The first-order chi connectivity index (χ1) is 15.8. The van der Waals surface area contributed by atoms with Crippen LogP contribution in [0.1, 0.15) is 41.0 Å². The standard InChI is InChI=1S/C22H32N2O9S/c1-10-15-14(11(2)25)18(26)24(15)16(19(27)32-9-33-20(28)22(3,4)5)17(10)34-13-6-12(30-8-13)7-31-21(23)29/h10-15,25H,6-9H2,1-5H3,(H2,23,29). The molecular weight excluding hydrogens is 468 g/mol. The zero-order chi connectivity index (χ0) is 25.4. The number of carbonyl (C=O) groups is 4. The number of ether oxygens (including phenoxy) is 4. The second-order valence-electron chi connectivity index (χ2n) is 9.76. The monoisotopic (exact) mass is 500 g/mol. The molecule has 0 saturated carbocycles. The van der Waals surface area contributed by atoms with Crippen LogP contribution in [0, 0.1) is 17.3 Å². The Kier molecular flexibility index (Phi) is 7.83. The van der Waals surface area contributed by atoms with Gasteiger partial charge in [0, 0.05) is 16.1 Å². The lowest BCUT2D eigenvalue weighted by Crippen LogP contribution is -2.63. The van der Waals surface area contributed by atoms with Gasteiger partial charge in [-0.05, 0) is 34.1 Å². The molecule has 3 heterocycles. The Bertz CT molecular complexity index is 882. The number of fused-ring (bicyclic) bond motifs is 1. The van der Waals surface area contributed by atoms with Gasteiger partial charge in [0.15, 0.2) is 0 Å². The van der Waals surface area contributed by atoms with Gasteiger partial charge in [0.25, 0.3) is 0 Å². The summed E-state index contributed by atoms with van der Waals surface area (Å²) in [5, 5.41) is 10.0. The van der Waals surface area contributed by atoms with E-state index < -0.39 is 42.3 Å². The second kappa shape index (κ2) is 10.1. The highest BCUT2D eigenvalue weighted by atomic mass is 32.2. The van der Waals surface area contributed by atoms with E-state index in [-0.39, 0.29) is 41.5 Å². The minimum atomic E-state index is -0.879. The molecule has 3 aliphatic rings. The normalized spacial score (nSPS) is 29.4. The quantitative estimate of drug-likeness (QED) is 0.281. The molecule has 3 rings (SSSR count). The highest BCUT2D eigenvalue weighted by Crippen LogP contribution is 2.52. The van der Waals surface area contributed by atoms with Crippen LogP contribution in [-0.2, 0) is 33.3 Å². The average molecular weight is 501 g/mol. The number of aliphatic hydroxyl groups is 1. The molecule has 0 aromatic carbocycles. The summed E-state index contributed by atoms with van der Waals surface area (Å²) in [6, 6.07) is -0.369. The lowest BCUT2D eigenvalue weighted by molar-refractivity contribution is -0.175. The van der Waals surface area contributed by atoms with Crippen molar-refractivity contribution in [3.05, 3.63) is 10.6 Å². The van der Waals surface area contributed by atoms with Gasteiger partial charge in [0.2, 0.25) is 12.7 Å². The average Bonchev–Trinajstić information content (AvgIpc) is 3.27. The van der Waals surface area contributed by atoms with E-state index in [9.17, 15) is 24.3 Å². The molecule has 11 nitrogen and oxygen atoms in total. The maximum Gasteiger partial charge on any atom is 0.404 e. The molecule has 2 amide bonds. The zero-order valence-corrected chi connectivity index (χ0v) is 20.8. The van der Waals surface area contributed by atoms with Crippen LogP contribution in [0.4, 0.5) is 4.79 Å². The van der Waals surface area contributed by atoms with Crippen molar-refractivity contribution >= 4 is 35.7 Å². The molecule has 2 saturated heterocycles. The number of amides is 2. The number of hydrogen-bond donors (Lipinski definition) is 2. The van der Waals surface area contributed by atoms with Crippen LogP contribution < -0.4 is 5.73 Å². The summed E-state index contributed by atoms with van der Waals surface area (Å²) in [7, 11) is 0. The molecule has 3 aliphatic heterocycles. The van der Waals surface area contributed by atoms with Crippen molar-refractivity contribution in [1.29, 1.82) is 0 Å². The molecule has 0 aromatic rings. The van der Waals surface area contributed by atoms with Crippen LogP contribution in [0.3, 0.4) is 0 Å². The lowest BCUT2D eigenvalue weighted by atomic mass is 9.79. The van der Waals surface area contributed by atoms with Gasteiger partial charge in [-0.3, -0.25) is 9.59 Å². The third-order valence-electron chi connectivity index (χ3n) is 6.04. The van der Waals surface area contributed by atoms with Crippen molar-refractivity contribution in [3.63, 3.8) is 0 Å². The van der Waals surface area contributed by atoms with Crippen LogP contribution in [0.2, 0.25) is 0 Å². The number of nitrogens with zero attached hydrogens (tertiary/aromatic N) is 1. The number of primary amides is 1. The summed E-state index contributed by atoms with van der Waals surface area (Å²) in [5.74, 6) is -2.49. The molecule has 0 bridgehead atoms. The van der Waals surface area contributed by atoms with E-state index in [4.69, 9.17) is 24.7 Å². The highest BCUT2D eigenvalue weighted by Gasteiger charge is 2.60. The molecule has 6 unspecified atom stereocenters. The van der Waals surface area contributed by atoms with Crippen molar-refractivity contribution in [2.75, 3.05) is 20.0 Å². The van der Waals surface area contributed by atoms with Crippen LogP contribution in [-0.4, -0.2) is 77.5 Å². The summed E-state index contributed by atoms with van der Waals surface area (Å²) >= 11 is 1.40. The number of thioether (sulfide) groups is 1. The Labute approximate surface area is 202 Å². The smallest absolute Gasteiger partial charge is 0.404 e. The Balaban J connectivity index is 1.74. The summed E-state index contributed by atoms with van der Waals surface area (Å²) in [6.07, 6.45) is -1.51. The fraction of sp³-hybridized carbons (Fsp3) is 0.727. The largest absolute Gasteiger partial charge is 0.447 e. The van der Waals surface area contributed by atoms with Crippen molar-refractivity contribution in [3.8, 4) is 0 Å². The lowest BCUT2D eigenvalue weighted by Gasteiger charge is -2.46.